The lowest BCUT2D eigenvalue weighted by Crippen LogP contribution is -2.22. The van der Waals surface area contributed by atoms with Gasteiger partial charge in [-0.1, -0.05) is 30.3 Å². The predicted octanol–water partition coefficient (Wildman–Crippen LogP) is 4.49. The molecule has 5 nitrogen and oxygen atoms in total. The number of amides is 1. The van der Waals surface area contributed by atoms with E-state index in [0.29, 0.717) is 12.3 Å². The van der Waals surface area contributed by atoms with Crippen molar-refractivity contribution in [1.82, 2.24) is 10.3 Å². The number of para-hydroxylation sites is 2. The number of hydrogen-bond acceptors (Lipinski definition) is 5. The standard InChI is InChI=1S/C20H16N2O3S/c1-24-15-8-4-2-6-13(15)12-21-19(23)16-10-11-17(25-16)20-22-14-7-3-5-9-18(14)26-20/h2-11H,12H2,1H3,(H,21,23). The molecule has 0 aliphatic heterocycles. The first-order valence-electron chi connectivity index (χ1n) is 8.10. The van der Waals surface area contributed by atoms with Gasteiger partial charge in [0.05, 0.1) is 17.3 Å². The molecule has 4 rings (SSSR count). The fraction of sp³-hybridized carbons (Fsp3) is 0.100. The van der Waals surface area contributed by atoms with Gasteiger partial charge in [-0.25, -0.2) is 4.98 Å². The summed E-state index contributed by atoms with van der Waals surface area (Å²) < 4.78 is 12.1. The van der Waals surface area contributed by atoms with Gasteiger partial charge in [0, 0.05) is 12.1 Å². The number of thiazole rings is 1. The van der Waals surface area contributed by atoms with E-state index in [1.54, 1.807) is 19.2 Å². The summed E-state index contributed by atoms with van der Waals surface area (Å²) in [5, 5.41) is 3.61. The van der Waals surface area contributed by atoms with E-state index in [9.17, 15) is 4.79 Å². The Hall–Kier alpha value is -3.12. The van der Waals surface area contributed by atoms with Gasteiger partial charge in [0.2, 0.25) is 0 Å². The van der Waals surface area contributed by atoms with Crippen LogP contribution in [0.4, 0.5) is 0 Å². The van der Waals surface area contributed by atoms with Crippen LogP contribution in [0, 0.1) is 0 Å². The third-order valence-corrected chi connectivity index (χ3v) is 5.02. The summed E-state index contributed by atoms with van der Waals surface area (Å²) in [5.74, 6) is 1.31. The topological polar surface area (TPSA) is 64.4 Å². The molecule has 0 fully saturated rings. The second kappa shape index (κ2) is 7.01. The Balaban J connectivity index is 1.49. The van der Waals surface area contributed by atoms with Gasteiger partial charge >= 0.3 is 0 Å². The Kier molecular flexibility index (Phi) is 4.41. The average Bonchev–Trinajstić information content (AvgIpc) is 3.33. The summed E-state index contributed by atoms with van der Waals surface area (Å²) in [5.41, 5.74) is 1.83. The number of hydrogen-bond donors (Lipinski definition) is 1. The number of furan rings is 1. The number of benzene rings is 2. The van der Waals surface area contributed by atoms with Crippen molar-refractivity contribution in [3.63, 3.8) is 0 Å². The van der Waals surface area contributed by atoms with E-state index in [1.807, 2.05) is 48.5 Å². The van der Waals surface area contributed by atoms with Crippen molar-refractivity contribution in [2.24, 2.45) is 0 Å². The number of ether oxygens (including phenoxy) is 1. The van der Waals surface area contributed by atoms with Gasteiger partial charge in [0.1, 0.15) is 5.75 Å². The Bertz CT molecular complexity index is 1030. The summed E-state index contributed by atoms with van der Waals surface area (Å²) >= 11 is 1.54. The number of fused-ring (bicyclic) bond motifs is 1. The Morgan fingerprint density at radius 2 is 1.92 bits per heavy atom. The molecule has 2 aromatic carbocycles. The second-order valence-electron chi connectivity index (χ2n) is 5.65. The minimum atomic E-state index is -0.275. The van der Waals surface area contributed by atoms with Crippen LogP contribution in [-0.4, -0.2) is 18.0 Å². The molecule has 0 saturated carbocycles. The van der Waals surface area contributed by atoms with Gasteiger partial charge in [-0.15, -0.1) is 11.3 Å². The highest BCUT2D eigenvalue weighted by Gasteiger charge is 2.15. The molecule has 0 aliphatic rings. The van der Waals surface area contributed by atoms with E-state index in [1.165, 1.54) is 11.3 Å². The van der Waals surface area contributed by atoms with Gasteiger partial charge in [-0.3, -0.25) is 4.79 Å². The Labute approximate surface area is 154 Å². The highest BCUT2D eigenvalue weighted by molar-refractivity contribution is 7.21. The smallest absolute Gasteiger partial charge is 0.287 e. The molecule has 26 heavy (non-hydrogen) atoms. The van der Waals surface area contributed by atoms with Crippen molar-refractivity contribution in [2.45, 2.75) is 6.54 Å². The fourth-order valence-corrected chi connectivity index (χ4v) is 3.59. The molecule has 0 saturated heterocycles. The number of nitrogens with zero attached hydrogens (tertiary/aromatic N) is 1. The van der Waals surface area contributed by atoms with Gasteiger partial charge in [-0.05, 0) is 30.3 Å². The zero-order valence-corrected chi connectivity index (χ0v) is 14.9. The maximum atomic E-state index is 12.4. The zero-order chi connectivity index (χ0) is 17.9. The molecule has 2 aromatic heterocycles. The Morgan fingerprint density at radius 1 is 1.12 bits per heavy atom. The van der Waals surface area contributed by atoms with E-state index in [-0.39, 0.29) is 11.7 Å². The quantitative estimate of drug-likeness (QED) is 0.566. The van der Waals surface area contributed by atoms with Crippen LogP contribution in [0.5, 0.6) is 5.75 Å². The van der Waals surface area contributed by atoms with Crippen molar-refractivity contribution in [1.29, 1.82) is 0 Å². The predicted molar refractivity (Wildman–Crippen MR) is 101 cm³/mol. The molecule has 0 unspecified atom stereocenters. The van der Waals surface area contributed by atoms with Crippen molar-refractivity contribution in [3.05, 3.63) is 72.0 Å². The third-order valence-electron chi connectivity index (χ3n) is 3.97. The molecule has 2 heterocycles. The van der Waals surface area contributed by atoms with Gasteiger partial charge in [-0.2, -0.15) is 0 Å². The number of carbonyl (C=O) groups excluding carboxylic acids is 1. The number of methoxy groups -OCH3 is 1. The molecular formula is C20H16N2O3S. The molecule has 0 radical (unpaired) electrons. The molecule has 130 valence electrons. The van der Waals surface area contributed by atoms with Crippen LogP contribution < -0.4 is 10.1 Å². The lowest BCUT2D eigenvalue weighted by Gasteiger charge is -2.08. The molecule has 4 aromatic rings. The molecule has 1 amide bonds. The minimum Gasteiger partial charge on any atom is -0.496 e. The van der Waals surface area contributed by atoms with Gasteiger partial charge in [0.25, 0.3) is 5.91 Å². The first-order chi connectivity index (χ1) is 12.7. The van der Waals surface area contributed by atoms with Crippen LogP contribution in [0.3, 0.4) is 0 Å². The lowest BCUT2D eigenvalue weighted by atomic mass is 10.2. The first kappa shape index (κ1) is 16.4. The number of carbonyl (C=O) groups is 1. The summed E-state index contributed by atoms with van der Waals surface area (Å²) in [6, 6.07) is 18.9. The maximum absolute atomic E-state index is 12.4. The summed E-state index contributed by atoms with van der Waals surface area (Å²) in [6.45, 7) is 0.361. The highest BCUT2D eigenvalue weighted by atomic mass is 32.1. The van der Waals surface area contributed by atoms with Crippen LogP contribution in [0.15, 0.2) is 65.1 Å². The van der Waals surface area contributed by atoms with Crippen LogP contribution in [0.25, 0.3) is 21.0 Å². The van der Waals surface area contributed by atoms with Crippen LogP contribution in [0.1, 0.15) is 16.1 Å². The van der Waals surface area contributed by atoms with Crippen molar-refractivity contribution in [3.8, 4) is 16.5 Å². The second-order valence-corrected chi connectivity index (χ2v) is 6.68. The molecule has 0 bridgehead atoms. The van der Waals surface area contributed by atoms with E-state index in [0.717, 1.165) is 26.5 Å². The largest absolute Gasteiger partial charge is 0.496 e. The van der Waals surface area contributed by atoms with Gasteiger partial charge in [0.15, 0.2) is 16.5 Å². The first-order valence-corrected chi connectivity index (χ1v) is 8.92. The fourth-order valence-electron chi connectivity index (χ4n) is 2.66. The minimum absolute atomic E-state index is 0.258. The lowest BCUT2D eigenvalue weighted by molar-refractivity contribution is 0.0924. The van der Waals surface area contributed by atoms with E-state index in [4.69, 9.17) is 9.15 Å². The van der Waals surface area contributed by atoms with E-state index in [2.05, 4.69) is 10.3 Å². The van der Waals surface area contributed by atoms with Crippen LogP contribution in [-0.2, 0) is 6.54 Å². The molecule has 1 N–H and O–H groups in total. The van der Waals surface area contributed by atoms with Crippen molar-refractivity contribution in [2.75, 3.05) is 7.11 Å². The average molecular weight is 364 g/mol. The van der Waals surface area contributed by atoms with Crippen molar-refractivity contribution < 1.29 is 13.9 Å². The SMILES string of the molecule is COc1ccccc1CNC(=O)c1ccc(-c2nc3ccccc3s2)o1. The molecule has 6 heteroatoms. The summed E-state index contributed by atoms with van der Waals surface area (Å²) in [7, 11) is 1.61. The highest BCUT2D eigenvalue weighted by Crippen LogP contribution is 2.31. The maximum Gasteiger partial charge on any atom is 0.287 e. The Morgan fingerprint density at radius 3 is 2.77 bits per heavy atom. The molecule has 0 atom stereocenters. The van der Waals surface area contributed by atoms with Crippen molar-refractivity contribution >= 4 is 27.5 Å². The monoisotopic (exact) mass is 364 g/mol. The van der Waals surface area contributed by atoms with Crippen LogP contribution in [0.2, 0.25) is 0 Å². The summed E-state index contributed by atoms with van der Waals surface area (Å²) in [6.07, 6.45) is 0. The van der Waals surface area contributed by atoms with E-state index >= 15 is 0 Å². The number of nitrogens with one attached hydrogen (secondary N) is 1. The third kappa shape index (κ3) is 3.19. The van der Waals surface area contributed by atoms with E-state index < -0.39 is 0 Å². The van der Waals surface area contributed by atoms with Gasteiger partial charge < -0.3 is 14.5 Å². The molecule has 0 aliphatic carbocycles. The molecular weight excluding hydrogens is 348 g/mol. The number of aromatic nitrogens is 1. The number of rotatable bonds is 5. The normalized spacial score (nSPS) is 10.8. The molecule has 0 spiro atoms. The van der Waals surface area contributed by atoms with Crippen LogP contribution >= 0.6 is 11.3 Å². The summed E-state index contributed by atoms with van der Waals surface area (Å²) in [4.78, 5) is 16.9. The zero-order valence-electron chi connectivity index (χ0n) is 14.1.